The smallest absolute Gasteiger partial charge is 0.119 e. The van der Waals surface area contributed by atoms with Crippen LogP contribution in [0, 0.1) is 0 Å². The van der Waals surface area contributed by atoms with Gasteiger partial charge in [-0.15, -0.1) is 0 Å². The van der Waals surface area contributed by atoms with E-state index in [0.29, 0.717) is 12.8 Å². The minimum absolute atomic E-state index is 0.0839. The van der Waals surface area contributed by atoms with Gasteiger partial charge in [-0.3, -0.25) is 0 Å². The largest absolute Gasteiger partial charge is 0.497 e. The number of hydrogen-bond acceptors (Lipinski definition) is 3. The molecule has 0 saturated carbocycles. The predicted molar refractivity (Wildman–Crippen MR) is 63.8 cm³/mol. The standard InChI is InChI=1S/C13H20O3/c1-10(15-2)7-12(14)8-11-5-4-6-13(9-11)16-3/h4-6,9-10,12,14H,7-8H2,1-3H3. The lowest BCUT2D eigenvalue weighted by Crippen LogP contribution is -2.18. The monoisotopic (exact) mass is 224 g/mol. The Morgan fingerprint density at radius 1 is 1.31 bits per heavy atom. The SMILES string of the molecule is COc1cccc(CC(O)CC(C)OC)c1. The molecule has 0 aromatic heterocycles. The van der Waals surface area contributed by atoms with Crippen molar-refractivity contribution in [1.29, 1.82) is 0 Å². The molecule has 16 heavy (non-hydrogen) atoms. The fraction of sp³-hybridized carbons (Fsp3) is 0.538. The fourth-order valence-corrected chi connectivity index (χ4v) is 1.63. The molecule has 2 unspecified atom stereocenters. The maximum Gasteiger partial charge on any atom is 0.119 e. The average Bonchev–Trinajstić information content (AvgIpc) is 2.28. The Morgan fingerprint density at radius 2 is 2.06 bits per heavy atom. The van der Waals surface area contributed by atoms with Crippen molar-refractivity contribution in [2.75, 3.05) is 14.2 Å². The Hall–Kier alpha value is -1.06. The highest BCUT2D eigenvalue weighted by Crippen LogP contribution is 2.15. The molecule has 0 fully saturated rings. The van der Waals surface area contributed by atoms with Gasteiger partial charge in [0.1, 0.15) is 5.75 Å². The Kier molecular flexibility index (Phi) is 5.29. The molecule has 1 aromatic rings. The van der Waals surface area contributed by atoms with Crippen LogP contribution in [0.3, 0.4) is 0 Å². The molecule has 0 amide bonds. The molecule has 0 spiro atoms. The van der Waals surface area contributed by atoms with Gasteiger partial charge in [0.15, 0.2) is 0 Å². The highest BCUT2D eigenvalue weighted by Gasteiger charge is 2.10. The van der Waals surface area contributed by atoms with Crippen LogP contribution < -0.4 is 4.74 Å². The molecule has 3 nitrogen and oxygen atoms in total. The van der Waals surface area contributed by atoms with E-state index in [0.717, 1.165) is 11.3 Å². The highest BCUT2D eigenvalue weighted by molar-refractivity contribution is 5.28. The molecule has 0 aliphatic heterocycles. The van der Waals surface area contributed by atoms with Crippen molar-refractivity contribution in [1.82, 2.24) is 0 Å². The van der Waals surface area contributed by atoms with Crippen LogP contribution in [0.5, 0.6) is 5.75 Å². The summed E-state index contributed by atoms with van der Waals surface area (Å²) < 4.78 is 10.3. The van der Waals surface area contributed by atoms with E-state index in [9.17, 15) is 5.11 Å². The van der Waals surface area contributed by atoms with Crippen LogP contribution in [0.2, 0.25) is 0 Å². The average molecular weight is 224 g/mol. The minimum atomic E-state index is -0.373. The molecular formula is C13H20O3. The van der Waals surface area contributed by atoms with Crippen LogP contribution >= 0.6 is 0 Å². The van der Waals surface area contributed by atoms with Crippen molar-refractivity contribution in [2.45, 2.75) is 32.0 Å². The summed E-state index contributed by atoms with van der Waals surface area (Å²) in [5.41, 5.74) is 1.08. The minimum Gasteiger partial charge on any atom is -0.497 e. The number of rotatable bonds is 6. The Balaban J connectivity index is 2.51. The molecule has 0 aliphatic rings. The van der Waals surface area contributed by atoms with Crippen molar-refractivity contribution < 1.29 is 14.6 Å². The predicted octanol–water partition coefficient (Wildman–Crippen LogP) is 2.02. The lowest BCUT2D eigenvalue weighted by molar-refractivity contribution is 0.0565. The molecule has 1 rings (SSSR count). The summed E-state index contributed by atoms with van der Waals surface area (Å²) in [6.07, 6.45) is 0.987. The summed E-state index contributed by atoms with van der Waals surface area (Å²) in [7, 11) is 3.30. The van der Waals surface area contributed by atoms with Gasteiger partial charge in [-0.25, -0.2) is 0 Å². The van der Waals surface area contributed by atoms with E-state index in [2.05, 4.69) is 0 Å². The molecule has 1 aromatic carbocycles. The second kappa shape index (κ2) is 6.51. The summed E-state index contributed by atoms with van der Waals surface area (Å²) in [5.74, 6) is 0.824. The van der Waals surface area contributed by atoms with Gasteiger partial charge < -0.3 is 14.6 Å². The second-order valence-electron chi connectivity index (χ2n) is 3.99. The Labute approximate surface area is 97.0 Å². The molecule has 0 heterocycles. The number of aliphatic hydroxyl groups excluding tert-OH is 1. The third-order valence-electron chi connectivity index (χ3n) is 2.61. The topological polar surface area (TPSA) is 38.7 Å². The number of ether oxygens (including phenoxy) is 2. The van der Waals surface area contributed by atoms with Crippen LogP contribution in [0.25, 0.3) is 0 Å². The lowest BCUT2D eigenvalue weighted by Gasteiger charge is -2.15. The van der Waals surface area contributed by atoms with Crippen molar-refractivity contribution >= 4 is 0 Å². The van der Waals surface area contributed by atoms with E-state index in [-0.39, 0.29) is 12.2 Å². The second-order valence-corrected chi connectivity index (χ2v) is 3.99. The van der Waals surface area contributed by atoms with Gasteiger partial charge in [0.05, 0.1) is 19.3 Å². The summed E-state index contributed by atoms with van der Waals surface area (Å²) in [4.78, 5) is 0. The van der Waals surface area contributed by atoms with Crippen LogP contribution in [-0.4, -0.2) is 31.5 Å². The molecule has 0 aliphatic carbocycles. The van der Waals surface area contributed by atoms with Crippen molar-refractivity contribution in [3.63, 3.8) is 0 Å². The zero-order valence-corrected chi connectivity index (χ0v) is 10.1. The van der Waals surface area contributed by atoms with Crippen molar-refractivity contribution in [3.8, 4) is 5.75 Å². The number of hydrogen-bond donors (Lipinski definition) is 1. The molecular weight excluding hydrogens is 204 g/mol. The molecule has 0 radical (unpaired) electrons. The van der Waals surface area contributed by atoms with Gasteiger partial charge in [0, 0.05) is 7.11 Å². The third-order valence-corrected chi connectivity index (χ3v) is 2.61. The molecule has 90 valence electrons. The van der Waals surface area contributed by atoms with Gasteiger partial charge in [0.2, 0.25) is 0 Å². The number of methoxy groups -OCH3 is 2. The van der Waals surface area contributed by atoms with Gasteiger partial charge in [0.25, 0.3) is 0 Å². The summed E-state index contributed by atoms with van der Waals surface area (Å²) >= 11 is 0. The van der Waals surface area contributed by atoms with Gasteiger partial charge in [-0.05, 0) is 37.5 Å². The van der Waals surface area contributed by atoms with Crippen LogP contribution in [0.4, 0.5) is 0 Å². The lowest BCUT2D eigenvalue weighted by atomic mass is 10.0. The van der Waals surface area contributed by atoms with E-state index < -0.39 is 0 Å². The summed E-state index contributed by atoms with van der Waals surface area (Å²) in [6, 6.07) is 7.76. The first-order chi connectivity index (χ1) is 7.65. The van der Waals surface area contributed by atoms with Gasteiger partial charge in [-0.2, -0.15) is 0 Å². The molecule has 1 N–H and O–H groups in total. The molecule has 0 saturated heterocycles. The van der Waals surface area contributed by atoms with E-state index in [4.69, 9.17) is 9.47 Å². The molecule has 2 atom stereocenters. The first-order valence-electron chi connectivity index (χ1n) is 5.49. The quantitative estimate of drug-likeness (QED) is 0.803. The Bertz CT molecular complexity index is 312. The number of benzene rings is 1. The number of aliphatic hydroxyl groups is 1. The molecule has 0 bridgehead atoms. The van der Waals surface area contributed by atoms with Gasteiger partial charge in [-0.1, -0.05) is 12.1 Å². The summed E-state index contributed by atoms with van der Waals surface area (Å²) in [5, 5.41) is 9.85. The maximum atomic E-state index is 9.85. The van der Waals surface area contributed by atoms with E-state index in [1.165, 1.54) is 0 Å². The van der Waals surface area contributed by atoms with E-state index in [1.807, 2.05) is 31.2 Å². The maximum absolute atomic E-state index is 9.85. The highest BCUT2D eigenvalue weighted by atomic mass is 16.5. The zero-order valence-electron chi connectivity index (χ0n) is 10.1. The van der Waals surface area contributed by atoms with Crippen LogP contribution in [0.15, 0.2) is 24.3 Å². The van der Waals surface area contributed by atoms with Crippen molar-refractivity contribution in [3.05, 3.63) is 29.8 Å². The van der Waals surface area contributed by atoms with Crippen LogP contribution in [-0.2, 0) is 11.2 Å². The van der Waals surface area contributed by atoms with Gasteiger partial charge >= 0.3 is 0 Å². The normalized spacial score (nSPS) is 14.5. The Morgan fingerprint density at radius 3 is 2.69 bits per heavy atom. The first kappa shape index (κ1) is 13.0. The van der Waals surface area contributed by atoms with E-state index >= 15 is 0 Å². The van der Waals surface area contributed by atoms with E-state index in [1.54, 1.807) is 14.2 Å². The molecule has 3 heteroatoms. The van der Waals surface area contributed by atoms with Crippen molar-refractivity contribution in [2.24, 2.45) is 0 Å². The van der Waals surface area contributed by atoms with Crippen LogP contribution in [0.1, 0.15) is 18.9 Å². The third kappa shape index (κ3) is 4.21. The fourth-order valence-electron chi connectivity index (χ4n) is 1.63. The summed E-state index contributed by atoms with van der Waals surface area (Å²) in [6.45, 7) is 1.95. The first-order valence-corrected chi connectivity index (χ1v) is 5.49. The zero-order chi connectivity index (χ0) is 12.0.